The van der Waals surface area contributed by atoms with E-state index in [0.717, 1.165) is 42.6 Å². The lowest BCUT2D eigenvalue weighted by Gasteiger charge is -2.31. The number of amides is 1. The molecule has 0 unspecified atom stereocenters. The van der Waals surface area contributed by atoms with Gasteiger partial charge in [0, 0.05) is 18.3 Å². The number of hydrogen-bond acceptors (Lipinski definition) is 3. The van der Waals surface area contributed by atoms with Crippen molar-refractivity contribution in [3.8, 4) is 5.69 Å². The normalized spacial score (nSPS) is 13.5. The van der Waals surface area contributed by atoms with E-state index in [1.807, 2.05) is 16.8 Å². The lowest BCUT2D eigenvalue weighted by atomic mass is 10.0. The molecule has 0 radical (unpaired) electrons. The van der Waals surface area contributed by atoms with Crippen molar-refractivity contribution in [2.24, 2.45) is 0 Å². The molecular weight excluding hydrogens is 330 g/mol. The van der Waals surface area contributed by atoms with Gasteiger partial charge in [-0.25, -0.2) is 9.48 Å². The van der Waals surface area contributed by atoms with Crippen LogP contribution in [0.15, 0.2) is 24.3 Å². The van der Waals surface area contributed by atoms with Crippen LogP contribution in [0.3, 0.4) is 0 Å². The topological polar surface area (TPSA) is 75.4 Å². The van der Waals surface area contributed by atoms with Gasteiger partial charge in [-0.2, -0.15) is 5.10 Å². The highest BCUT2D eigenvalue weighted by atomic mass is 16.4. The average molecular weight is 355 g/mol. The molecule has 138 valence electrons. The average Bonchev–Trinajstić information content (AvgIpc) is 3.23. The molecule has 1 aliphatic carbocycles. The molecule has 0 saturated heterocycles. The summed E-state index contributed by atoms with van der Waals surface area (Å²) in [6, 6.07) is 8.17. The van der Waals surface area contributed by atoms with Crippen molar-refractivity contribution < 1.29 is 14.7 Å². The van der Waals surface area contributed by atoms with Crippen molar-refractivity contribution in [2.75, 3.05) is 7.05 Å². The standard InChI is InChI=1S/C20H25N3O3/c1-5-13-9-11-14(12-10-13)23-16-8-6-7-15(16)17(21-23)18(24)22(4)20(2,3)19(25)26/h9-12H,5-8H2,1-4H3,(H,25,26). The number of likely N-dealkylation sites (N-methyl/N-ethyl adjacent to an activating group) is 1. The van der Waals surface area contributed by atoms with Gasteiger partial charge in [-0.15, -0.1) is 0 Å². The van der Waals surface area contributed by atoms with E-state index in [9.17, 15) is 14.7 Å². The van der Waals surface area contributed by atoms with E-state index in [2.05, 4.69) is 24.2 Å². The van der Waals surface area contributed by atoms with Crippen molar-refractivity contribution >= 4 is 11.9 Å². The van der Waals surface area contributed by atoms with Gasteiger partial charge >= 0.3 is 5.97 Å². The second-order valence-corrected chi connectivity index (χ2v) is 7.29. The summed E-state index contributed by atoms with van der Waals surface area (Å²) >= 11 is 0. The Labute approximate surface area is 153 Å². The Hall–Kier alpha value is -2.63. The van der Waals surface area contributed by atoms with E-state index in [4.69, 9.17) is 0 Å². The van der Waals surface area contributed by atoms with Crippen molar-refractivity contribution in [3.63, 3.8) is 0 Å². The van der Waals surface area contributed by atoms with Gasteiger partial charge in [-0.05, 0) is 57.2 Å². The number of benzene rings is 1. The quantitative estimate of drug-likeness (QED) is 0.895. The molecule has 1 amide bonds. The number of nitrogens with zero attached hydrogens (tertiary/aromatic N) is 3. The molecule has 0 atom stereocenters. The summed E-state index contributed by atoms with van der Waals surface area (Å²) in [4.78, 5) is 25.8. The molecule has 1 aromatic heterocycles. The smallest absolute Gasteiger partial charge is 0.329 e. The van der Waals surface area contributed by atoms with E-state index < -0.39 is 11.5 Å². The van der Waals surface area contributed by atoms with Crippen LogP contribution in [0.1, 0.15) is 54.5 Å². The van der Waals surface area contributed by atoms with Gasteiger partial charge in [0.1, 0.15) is 5.54 Å². The number of aromatic nitrogens is 2. The largest absolute Gasteiger partial charge is 0.480 e. The van der Waals surface area contributed by atoms with Crippen LogP contribution in [0.2, 0.25) is 0 Å². The van der Waals surface area contributed by atoms with Crippen LogP contribution in [0, 0.1) is 0 Å². The molecule has 1 heterocycles. The SMILES string of the molecule is CCc1ccc(-n2nc(C(=O)N(C)C(C)(C)C(=O)O)c3c2CCC3)cc1. The van der Waals surface area contributed by atoms with Gasteiger partial charge < -0.3 is 10.0 Å². The van der Waals surface area contributed by atoms with Gasteiger partial charge in [-0.1, -0.05) is 19.1 Å². The van der Waals surface area contributed by atoms with E-state index >= 15 is 0 Å². The van der Waals surface area contributed by atoms with Gasteiger partial charge in [0.2, 0.25) is 0 Å². The van der Waals surface area contributed by atoms with Gasteiger partial charge in [-0.3, -0.25) is 4.79 Å². The molecule has 0 spiro atoms. The third-order valence-corrected chi connectivity index (χ3v) is 5.39. The third kappa shape index (κ3) is 2.89. The highest BCUT2D eigenvalue weighted by Crippen LogP contribution is 2.29. The Kier molecular flexibility index (Phi) is 4.61. The third-order valence-electron chi connectivity index (χ3n) is 5.39. The Morgan fingerprint density at radius 2 is 1.88 bits per heavy atom. The number of carboxylic acids is 1. The summed E-state index contributed by atoms with van der Waals surface area (Å²) < 4.78 is 1.84. The maximum Gasteiger partial charge on any atom is 0.329 e. The van der Waals surface area contributed by atoms with Crippen molar-refractivity contribution in [2.45, 2.75) is 52.0 Å². The van der Waals surface area contributed by atoms with Crippen LogP contribution in [-0.2, 0) is 24.1 Å². The van der Waals surface area contributed by atoms with Crippen LogP contribution in [0.25, 0.3) is 5.69 Å². The number of fused-ring (bicyclic) bond motifs is 1. The molecule has 2 aromatic rings. The zero-order valence-electron chi connectivity index (χ0n) is 15.7. The molecule has 1 aromatic carbocycles. The lowest BCUT2D eigenvalue weighted by molar-refractivity contribution is -0.147. The van der Waals surface area contributed by atoms with Gasteiger partial charge in [0.25, 0.3) is 5.91 Å². The molecule has 6 heteroatoms. The second kappa shape index (κ2) is 6.59. The molecule has 1 N–H and O–H groups in total. The van der Waals surface area contributed by atoms with Crippen LogP contribution in [-0.4, -0.2) is 44.3 Å². The summed E-state index contributed by atoms with van der Waals surface area (Å²) in [6.07, 6.45) is 3.62. The monoisotopic (exact) mass is 355 g/mol. The summed E-state index contributed by atoms with van der Waals surface area (Å²) in [5.41, 5.74) is 3.25. The molecule has 0 aliphatic heterocycles. The molecule has 0 saturated carbocycles. The minimum absolute atomic E-state index is 0.348. The minimum Gasteiger partial charge on any atom is -0.480 e. The van der Waals surface area contributed by atoms with Gasteiger partial charge in [0.05, 0.1) is 5.69 Å². The number of aliphatic carboxylic acids is 1. The fraction of sp³-hybridized carbons (Fsp3) is 0.450. The molecular formula is C20H25N3O3. The first-order valence-electron chi connectivity index (χ1n) is 8.99. The first kappa shape index (κ1) is 18.2. The number of carbonyl (C=O) groups is 2. The van der Waals surface area contributed by atoms with E-state index in [0.29, 0.717) is 5.69 Å². The summed E-state index contributed by atoms with van der Waals surface area (Å²) in [5.74, 6) is -1.39. The molecule has 3 rings (SSSR count). The minimum atomic E-state index is -1.30. The predicted octanol–water partition coefficient (Wildman–Crippen LogP) is 2.86. The zero-order valence-corrected chi connectivity index (χ0v) is 15.7. The summed E-state index contributed by atoms with van der Waals surface area (Å²) in [6.45, 7) is 5.15. The van der Waals surface area contributed by atoms with Crippen LogP contribution >= 0.6 is 0 Å². The van der Waals surface area contributed by atoms with Crippen molar-refractivity contribution in [1.82, 2.24) is 14.7 Å². The Balaban J connectivity index is 2.02. The van der Waals surface area contributed by atoms with Gasteiger partial charge in [0.15, 0.2) is 5.69 Å². The van der Waals surface area contributed by atoms with E-state index in [1.54, 1.807) is 0 Å². The molecule has 26 heavy (non-hydrogen) atoms. The Bertz CT molecular complexity index is 850. The number of aryl methyl sites for hydroxylation is 1. The van der Waals surface area contributed by atoms with E-state index in [1.165, 1.54) is 31.4 Å². The fourth-order valence-electron chi connectivity index (χ4n) is 3.25. The number of rotatable bonds is 5. The number of carbonyl (C=O) groups excluding carboxylic acids is 1. The highest BCUT2D eigenvalue weighted by molar-refractivity contribution is 5.97. The molecule has 6 nitrogen and oxygen atoms in total. The summed E-state index contributed by atoms with van der Waals surface area (Å²) in [7, 11) is 1.52. The second-order valence-electron chi connectivity index (χ2n) is 7.29. The first-order valence-corrected chi connectivity index (χ1v) is 8.99. The number of carboxylic acid groups (broad SMARTS) is 1. The first-order chi connectivity index (χ1) is 12.3. The number of hydrogen-bond donors (Lipinski definition) is 1. The maximum absolute atomic E-state index is 13.0. The zero-order chi connectivity index (χ0) is 19.1. The molecule has 0 fully saturated rings. The molecule has 1 aliphatic rings. The highest BCUT2D eigenvalue weighted by Gasteiger charge is 2.38. The van der Waals surface area contributed by atoms with Crippen LogP contribution in [0.4, 0.5) is 0 Å². The van der Waals surface area contributed by atoms with Crippen molar-refractivity contribution in [3.05, 3.63) is 46.8 Å². The Morgan fingerprint density at radius 3 is 2.46 bits per heavy atom. The van der Waals surface area contributed by atoms with Crippen molar-refractivity contribution in [1.29, 1.82) is 0 Å². The lowest BCUT2D eigenvalue weighted by Crippen LogP contribution is -2.51. The summed E-state index contributed by atoms with van der Waals surface area (Å²) in [5, 5.41) is 14.0. The van der Waals surface area contributed by atoms with E-state index in [-0.39, 0.29) is 5.91 Å². The van der Waals surface area contributed by atoms with Crippen LogP contribution in [0.5, 0.6) is 0 Å². The Morgan fingerprint density at radius 1 is 1.23 bits per heavy atom. The maximum atomic E-state index is 13.0. The molecule has 0 bridgehead atoms. The fourth-order valence-corrected chi connectivity index (χ4v) is 3.25. The van der Waals surface area contributed by atoms with Crippen LogP contribution < -0.4 is 0 Å². The predicted molar refractivity (Wildman–Crippen MR) is 98.8 cm³/mol.